The number of carbonyl (C=O) groups is 1. The third kappa shape index (κ3) is 2.55. The van der Waals surface area contributed by atoms with Gasteiger partial charge in [-0.05, 0) is 68.9 Å². The lowest BCUT2D eigenvalue weighted by atomic mass is 9.85. The molecule has 0 spiro atoms. The Kier molecular flexibility index (Phi) is 3.76. The van der Waals surface area contributed by atoms with Gasteiger partial charge in [0.1, 0.15) is 5.69 Å². The van der Waals surface area contributed by atoms with E-state index in [1.807, 2.05) is 36.9 Å². The number of benzene rings is 2. The Morgan fingerprint density at radius 1 is 1.10 bits per heavy atom. The van der Waals surface area contributed by atoms with Crippen molar-refractivity contribution >= 4 is 22.5 Å². The van der Waals surface area contributed by atoms with Crippen LogP contribution in [-0.4, -0.2) is 21.1 Å². The van der Waals surface area contributed by atoms with E-state index in [1.54, 1.807) is 0 Å². The molecule has 4 aromatic rings. The van der Waals surface area contributed by atoms with E-state index in [-0.39, 0.29) is 5.91 Å². The van der Waals surface area contributed by atoms with Crippen molar-refractivity contribution in [1.29, 1.82) is 0 Å². The first-order valence-corrected chi connectivity index (χ1v) is 11.0. The summed E-state index contributed by atoms with van der Waals surface area (Å²) in [5.74, 6) is 0.162. The van der Waals surface area contributed by atoms with Gasteiger partial charge in [-0.25, -0.2) is 0 Å². The second-order valence-corrected chi connectivity index (χ2v) is 9.42. The third-order valence-electron chi connectivity index (χ3n) is 7.11. The molecule has 0 fully saturated rings. The summed E-state index contributed by atoms with van der Waals surface area (Å²) < 4.78 is 0. The van der Waals surface area contributed by atoms with E-state index in [4.69, 9.17) is 0 Å². The molecule has 1 amide bonds. The van der Waals surface area contributed by atoms with E-state index < -0.39 is 5.41 Å². The second-order valence-electron chi connectivity index (χ2n) is 9.42. The summed E-state index contributed by atoms with van der Waals surface area (Å²) in [4.78, 5) is 19.0. The van der Waals surface area contributed by atoms with Crippen LogP contribution in [0.2, 0.25) is 0 Å². The number of rotatable bonds is 2. The topological polar surface area (TPSA) is 64.8 Å². The van der Waals surface area contributed by atoms with Crippen LogP contribution in [-0.2, 0) is 29.6 Å². The smallest absolute Gasteiger partial charge is 0.237 e. The molecular formula is C26H26N4O. The van der Waals surface area contributed by atoms with Crippen molar-refractivity contribution in [2.75, 3.05) is 4.90 Å². The first-order chi connectivity index (χ1) is 14.9. The van der Waals surface area contributed by atoms with Crippen molar-refractivity contribution in [3.05, 3.63) is 70.4 Å². The standard InChI is InChI=1S/C26H26N4O/c1-15-17-10-7-11-18-19-12-22-20(13-21(19)27-23(18)24(17)29-28-15)26(2,3)25(31)30(22)14-16-8-5-4-6-9-16/h4-6,8-9,12-13,27H,7,10-11,14H2,1-3H3,(H,28,29). The molecule has 0 atom stereocenters. The molecule has 31 heavy (non-hydrogen) atoms. The van der Waals surface area contributed by atoms with Crippen molar-refractivity contribution in [3.63, 3.8) is 0 Å². The number of aryl methyl sites for hydroxylation is 2. The maximum absolute atomic E-state index is 13.4. The van der Waals surface area contributed by atoms with Gasteiger partial charge in [-0.1, -0.05) is 30.3 Å². The van der Waals surface area contributed by atoms with Gasteiger partial charge in [0.05, 0.1) is 17.7 Å². The molecule has 3 heterocycles. The van der Waals surface area contributed by atoms with Gasteiger partial charge in [0.2, 0.25) is 5.91 Å². The maximum atomic E-state index is 13.4. The number of amides is 1. The Labute approximate surface area is 181 Å². The van der Waals surface area contributed by atoms with Crippen molar-refractivity contribution in [2.24, 2.45) is 0 Å². The first-order valence-electron chi connectivity index (χ1n) is 11.0. The number of nitrogens with zero attached hydrogens (tertiary/aromatic N) is 2. The maximum Gasteiger partial charge on any atom is 0.237 e. The highest BCUT2D eigenvalue weighted by molar-refractivity contribution is 6.10. The molecule has 6 rings (SSSR count). The number of hydrogen-bond donors (Lipinski definition) is 2. The Hall–Kier alpha value is -3.34. The molecule has 0 unspecified atom stereocenters. The van der Waals surface area contributed by atoms with Gasteiger partial charge in [0.25, 0.3) is 0 Å². The zero-order valence-electron chi connectivity index (χ0n) is 18.2. The van der Waals surface area contributed by atoms with Crippen molar-refractivity contribution < 1.29 is 4.79 Å². The van der Waals surface area contributed by atoms with Crippen LogP contribution in [0.15, 0.2) is 42.5 Å². The zero-order valence-corrected chi connectivity index (χ0v) is 18.2. The van der Waals surface area contributed by atoms with E-state index in [0.717, 1.165) is 58.7 Å². The van der Waals surface area contributed by atoms with Crippen LogP contribution in [0.5, 0.6) is 0 Å². The fourth-order valence-electron chi connectivity index (χ4n) is 5.36. The number of hydrogen-bond acceptors (Lipinski definition) is 2. The second kappa shape index (κ2) is 6.33. The molecule has 0 saturated heterocycles. The van der Waals surface area contributed by atoms with E-state index in [1.165, 1.54) is 16.5 Å². The van der Waals surface area contributed by atoms with Crippen LogP contribution < -0.4 is 4.90 Å². The predicted molar refractivity (Wildman–Crippen MR) is 123 cm³/mol. The molecule has 0 saturated carbocycles. The number of aromatic nitrogens is 3. The van der Waals surface area contributed by atoms with Gasteiger partial charge >= 0.3 is 0 Å². The summed E-state index contributed by atoms with van der Waals surface area (Å²) in [7, 11) is 0. The van der Waals surface area contributed by atoms with E-state index in [0.29, 0.717) is 6.54 Å². The molecule has 1 aliphatic heterocycles. The van der Waals surface area contributed by atoms with Crippen LogP contribution in [0.4, 0.5) is 5.69 Å². The number of nitrogens with one attached hydrogen (secondary N) is 2. The van der Waals surface area contributed by atoms with Crippen molar-refractivity contribution in [2.45, 2.75) is 52.0 Å². The molecule has 1 aliphatic carbocycles. The number of H-pyrrole nitrogens is 2. The number of aromatic amines is 2. The lowest BCUT2D eigenvalue weighted by Crippen LogP contribution is -2.35. The first kappa shape index (κ1) is 18.4. The van der Waals surface area contributed by atoms with Crippen molar-refractivity contribution in [1.82, 2.24) is 15.2 Å². The molecule has 5 heteroatoms. The van der Waals surface area contributed by atoms with Gasteiger partial charge in [-0.2, -0.15) is 5.10 Å². The quantitative estimate of drug-likeness (QED) is 0.478. The highest BCUT2D eigenvalue weighted by Gasteiger charge is 2.44. The monoisotopic (exact) mass is 410 g/mol. The zero-order chi connectivity index (χ0) is 21.3. The summed E-state index contributed by atoms with van der Waals surface area (Å²) in [6.07, 6.45) is 3.15. The lowest BCUT2D eigenvalue weighted by Gasteiger charge is -2.20. The van der Waals surface area contributed by atoms with Gasteiger partial charge in [0.15, 0.2) is 0 Å². The Morgan fingerprint density at radius 2 is 1.87 bits per heavy atom. The number of fused-ring (bicyclic) bond motifs is 6. The van der Waals surface area contributed by atoms with Gasteiger partial charge in [0, 0.05) is 27.8 Å². The van der Waals surface area contributed by atoms with Crippen LogP contribution in [0.3, 0.4) is 0 Å². The minimum absolute atomic E-state index is 0.162. The van der Waals surface area contributed by atoms with Gasteiger partial charge in [-0.3, -0.25) is 9.89 Å². The molecular weight excluding hydrogens is 384 g/mol. The Bertz CT molecular complexity index is 1340. The molecule has 2 N–H and O–H groups in total. The summed E-state index contributed by atoms with van der Waals surface area (Å²) in [6.45, 7) is 6.77. The molecule has 2 aromatic carbocycles. The molecule has 156 valence electrons. The van der Waals surface area contributed by atoms with Crippen LogP contribution in [0.1, 0.15) is 48.2 Å². The van der Waals surface area contributed by atoms with Crippen molar-refractivity contribution in [3.8, 4) is 11.4 Å². The van der Waals surface area contributed by atoms with Gasteiger partial charge < -0.3 is 9.88 Å². The molecule has 0 radical (unpaired) electrons. The largest absolute Gasteiger partial charge is 0.353 e. The molecule has 5 nitrogen and oxygen atoms in total. The third-order valence-corrected chi connectivity index (χ3v) is 7.11. The molecule has 2 aromatic heterocycles. The number of carbonyl (C=O) groups excluding carboxylic acids is 1. The summed E-state index contributed by atoms with van der Waals surface area (Å²) in [5.41, 5.74) is 9.81. The summed E-state index contributed by atoms with van der Waals surface area (Å²) in [5, 5.41) is 9.00. The fourth-order valence-corrected chi connectivity index (χ4v) is 5.36. The minimum Gasteiger partial charge on any atom is -0.353 e. The SMILES string of the molecule is Cc1[nH]nc2c1CCCc1c-2[nH]c2cc3c(cc12)N(Cc1ccccc1)C(=O)C3(C)C. The Balaban J connectivity index is 1.54. The van der Waals surface area contributed by atoms with E-state index in [2.05, 4.69) is 46.4 Å². The molecule has 2 aliphatic rings. The highest BCUT2D eigenvalue weighted by atomic mass is 16.2. The highest BCUT2D eigenvalue weighted by Crippen LogP contribution is 2.46. The summed E-state index contributed by atoms with van der Waals surface area (Å²) >= 11 is 0. The van der Waals surface area contributed by atoms with Gasteiger partial charge in [-0.15, -0.1) is 0 Å². The van der Waals surface area contributed by atoms with Crippen LogP contribution in [0.25, 0.3) is 22.3 Å². The fraction of sp³-hybridized carbons (Fsp3) is 0.308. The Morgan fingerprint density at radius 3 is 2.68 bits per heavy atom. The van der Waals surface area contributed by atoms with Crippen LogP contribution >= 0.6 is 0 Å². The van der Waals surface area contributed by atoms with E-state index >= 15 is 0 Å². The summed E-state index contributed by atoms with van der Waals surface area (Å²) in [6, 6.07) is 14.7. The predicted octanol–water partition coefficient (Wildman–Crippen LogP) is 5.18. The van der Waals surface area contributed by atoms with Crippen LogP contribution in [0, 0.1) is 6.92 Å². The van der Waals surface area contributed by atoms with E-state index in [9.17, 15) is 4.79 Å². The average molecular weight is 411 g/mol. The average Bonchev–Trinajstić information content (AvgIpc) is 3.31. The molecule has 0 bridgehead atoms. The lowest BCUT2D eigenvalue weighted by molar-refractivity contribution is -0.122. The number of anilines is 1. The minimum atomic E-state index is -0.547. The normalized spacial score (nSPS) is 16.9.